The molecule has 0 spiro atoms. The van der Waals surface area contributed by atoms with Gasteiger partial charge in [-0.2, -0.15) is 5.10 Å². The summed E-state index contributed by atoms with van der Waals surface area (Å²) >= 11 is 6.30. The predicted octanol–water partition coefficient (Wildman–Crippen LogP) is 6.81. The molecule has 1 heterocycles. The smallest absolute Gasteiger partial charge is 0.505 e. The Morgan fingerprint density at radius 3 is 2.37 bits per heavy atom. The molecule has 0 bridgehead atoms. The third kappa shape index (κ3) is 5.70. The van der Waals surface area contributed by atoms with Crippen molar-refractivity contribution in [3.8, 4) is 22.6 Å². The monoisotopic (exact) mass is 603 g/mol. The van der Waals surface area contributed by atoms with Crippen LogP contribution in [0.25, 0.3) is 11.1 Å². The number of carbonyl (C=O) groups is 3. The Balaban J connectivity index is 1.58. The molecule has 0 aliphatic carbocycles. The van der Waals surface area contributed by atoms with E-state index in [0.29, 0.717) is 16.9 Å². The van der Waals surface area contributed by atoms with Crippen molar-refractivity contribution in [3.63, 3.8) is 0 Å². The molecule has 4 aromatic carbocycles. The quantitative estimate of drug-likeness (QED) is 0.0946. The number of nitrogens with one attached hydrogen (secondary N) is 1. The van der Waals surface area contributed by atoms with Gasteiger partial charge in [0, 0.05) is 27.9 Å². The van der Waals surface area contributed by atoms with Gasteiger partial charge in [-0.3, -0.25) is 15.1 Å². The molecule has 0 radical (unpaired) electrons. The fourth-order valence-electron chi connectivity index (χ4n) is 4.75. The minimum absolute atomic E-state index is 0.000967. The average Bonchev–Trinajstić information content (AvgIpc) is 3.22. The fraction of sp³-hybridized carbons (Fsp3) is 0.0968. The normalized spacial score (nSPS) is 13.2. The standard InChI is InChI=1S/C31H23ClFN3O7/c1-15-8-16(2)10-19(9-15)36-26-14-20(43-31(41)42-3)5-6-21(26)27(29(36)38)35-34-25-13-18(32)12-22(28(25)37)17-4-7-24(33)23(11-17)30(39)40/h4-14,34,37H,1-3H3,(H,39,40). The number of amides is 1. The van der Waals surface area contributed by atoms with E-state index in [1.165, 1.54) is 42.3 Å². The number of nitrogens with zero attached hydrogens (tertiary/aromatic N) is 2. The lowest BCUT2D eigenvalue weighted by molar-refractivity contribution is -0.111. The summed E-state index contributed by atoms with van der Waals surface area (Å²) < 4.78 is 23.7. The van der Waals surface area contributed by atoms with Crippen LogP contribution in [0.2, 0.25) is 5.02 Å². The average molecular weight is 604 g/mol. The molecule has 0 saturated heterocycles. The van der Waals surface area contributed by atoms with Crippen LogP contribution in [0.4, 0.5) is 26.2 Å². The van der Waals surface area contributed by atoms with Crippen molar-refractivity contribution in [2.45, 2.75) is 13.8 Å². The fourth-order valence-corrected chi connectivity index (χ4v) is 4.97. The van der Waals surface area contributed by atoms with Gasteiger partial charge in [0.05, 0.1) is 18.4 Å². The molecule has 12 heteroatoms. The van der Waals surface area contributed by atoms with Crippen molar-refractivity contribution in [2.24, 2.45) is 5.10 Å². The zero-order valence-corrected chi connectivity index (χ0v) is 23.7. The second-order valence-corrected chi connectivity index (χ2v) is 10.1. The molecule has 5 rings (SSSR count). The molecular weight excluding hydrogens is 581 g/mol. The molecule has 0 aromatic heterocycles. The number of halogens is 2. The highest BCUT2D eigenvalue weighted by Crippen LogP contribution is 2.41. The number of ether oxygens (including phenoxy) is 2. The number of aryl methyl sites for hydroxylation is 2. The SMILES string of the molecule is COC(=O)Oc1ccc2c(c1)N(c1cc(C)cc(C)c1)C(=O)C2=NNc1cc(Cl)cc(-c2ccc(F)c(C(=O)O)c2)c1O. The van der Waals surface area contributed by atoms with Crippen LogP contribution in [0, 0.1) is 19.7 Å². The van der Waals surface area contributed by atoms with Crippen LogP contribution in [0.15, 0.2) is 71.8 Å². The number of aromatic carboxylic acids is 1. The molecule has 3 N–H and O–H groups in total. The van der Waals surface area contributed by atoms with Crippen LogP contribution in [0.1, 0.15) is 27.0 Å². The van der Waals surface area contributed by atoms with E-state index in [4.69, 9.17) is 16.3 Å². The molecule has 1 amide bonds. The third-order valence-corrected chi connectivity index (χ3v) is 6.79. The number of hydrazone groups is 1. The number of hydrogen-bond donors (Lipinski definition) is 3. The van der Waals surface area contributed by atoms with Gasteiger partial charge < -0.3 is 19.7 Å². The van der Waals surface area contributed by atoms with Gasteiger partial charge in [-0.25, -0.2) is 14.0 Å². The van der Waals surface area contributed by atoms with E-state index in [1.807, 2.05) is 32.0 Å². The van der Waals surface area contributed by atoms with Crippen LogP contribution in [0.3, 0.4) is 0 Å². The highest BCUT2D eigenvalue weighted by Gasteiger charge is 2.36. The van der Waals surface area contributed by atoms with Crippen molar-refractivity contribution in [3.05, 3.63) is 99.8 Å². The number of carboxylic acids is 1. The Kier molecular flexibility index (Phi) is 7.75. The number of aromatic hydroxyl groups is 1. The number of rotatable bonds is 6. The molecule has 0 saturated carbocycles. The summed E-state index contributed by atoms with van der Waals surface area (Å²) in [5.74, 6) is -3.14. The van der Waals surface area contributed by atoms with Crippen LogP contribution in [-0.2, 0) is 9.53 Å². The van der Waals surface area contributed by atoms with Gasteiger partial charge >= 0.3 is 12.1 Å². The zero-order chi connectivity index (χ0) is 31.0. The van der Waals surface area contributed by atoms with Crippen molar-refractivity contribution in [2.75, 3.05) is 17.4 Å². The Morgan fingerprint density at radius 1 is 0.977 bits per heavy atom. The number of phenols is 1. The van der Waals surface area contributed by atoms with Crippen molar-refractivity contribution in [1.29, 1.82) is 0 Å². The molecule has 0 unspecified atom stereocenters. The number of anilines is 3. The number of benzene rings is 4. The van der Waals surface area contributed by atoms with E-state index in [1.54, 1.807) is 6.07 Å². The molecule has 0 atom stereocenters. The summed E-state index contributed by atoms with van der Waals surface area (Å²) in [6.45, 7) is 3.79. The maximum atomic E-state index is 14.0. The number of phenolic OH excluding ortho intramolecular Hbond substituents is 1. The predicted molar refractivity (Wildman–Crippen MR) is 158 cm³/mol. The summed E-state index contributed by atoms with van der Waals surface area (Å²) in [5.41, 5.74) is 5.57. The second kappa shape index (κ2) is 11.5. The Bertz CT molecular complexity index is 1840. The topological polar surface area (TPSA) is 138 Å². The van der Waals surface area contributed by atoms with Crippen LogP contribution >= 0.6 is 11.6 Å². The summed E-state index contributed by atoms with van der Waals surface area (Å²) in [6, 6.07) is 16.2. The van der Waals surface area contributed by atoms with Gasteiger partial charge in [-0.15, -0.1) is 0 Å². The van der Waals surface area contributed by atoms with Gasteiger partial charge in [0.2, 0.25) is 0 Å². The molecule has 10 nitrogen and oxygen atoms in total. The number of carbonyl (C=O) groups excluding carboxylic acids is 2. The maximum absolute atomic E-state index is 14.0. The van der Waals surface area contributed by atoms with Gasteiger partial charge in [0.1, 0.15) is 23.0 Å². The molecule has 1 aliphatic rings. The molecule has 1 aliphatic heterocycles. The molecule has 0 fully saturated rings. The highest BCUT2D eigenvalue weighted by molar-refractivity contribution is 6.55. The van der Waals surface area contributed by atoms with Gasteiger partial charge in [-0.05, 0) is 79.1 Å². The number of carboxylic acid groups (broad SMARTS) is 1. The summed E-state index contributed by atoms with van der Waals surface area (Å²) in [5, 5.41) is 24.8. The third-order valence-electron chi connectivity index (χ3n) is 6.57. The lowest BCUT2D eigenvalue weighted by Crippen LogP contribution is -2.26. The first-order valence-corrected chi connectivity index (χ1v) is 13.1. The van der Waals surface area contributed by atoms with Gasteiger partial charge in [0.15, 0.2) is 5.71 Å². The van der Waals surface area contributed by atoms with E-state index < -0.39 is 29.4 Å². The van der Waals surface area contributed by atoms with Crippen LogP contribution in [-0.4, -0.2) is 41.1 Å². The van der Waals surface area contributed by atoms with E-state index in [-0.39, 0.29) is 39.0 Å². The Labute approximate surface area is 249 Å². The maximum Gasteiger partial charge on any atom is 0.513 e. The molecule has 218 valence electrons. The lowest BCUT2D eigenvalue weighted by atomic mass is 10.0. The van der Waals surface area contributed by atoms with E-state index in [2.05, 4.69) is 15.3 Å². The Hall–Kier alpha value is -5.42. The first kappa shape index (κ1) is 29.1. The molecular formula is C31H23ClFN3O7. The van der Waals surface area contributed by atoms with Gasteiger partial charge in [-0.1, -0.05) is 23.7 Å². The van der Waals surface area contributed by atoms with Crippen LogP contribution < -0.4 is 15.1 Å². The summed E-state index contributed by atoms with van der Waals surface area (Å²) in [7, 11) is 1.18. The number of hydrogen-bond acceptors (Lipinski definition) is 8. The van der Waals surface area contributed by atoms with E-state index >= 15 is 0 Å². The van der Waals surface area contributed by atoms with E-state index in [0.717, 1.165) is 23.3 Å². The first-order chi connectivity index (χ1) is 20.5. The largest absolute Gasteiger partial charge is 0.513 e. The first-order valence-electron chi connectivity index (χ1n) is 12.7. The second-order valence-electron chi connectivity index (χ2n) is 9.64. The lowest BCUT2D eigenvalue weighted by Gasteiger charge is -2.19. The van der Waals surface area contributed by atoms with Crippen molar-refractivity contribution >= 4 is 52.4 Å². The van der Waals surface area contributed by atoms with E-state index in [9.17, 15) is 29.0 Å². The highest BCUT2D eigenvalue weighted by atomic mass is 35.5. The van der Waals surface area contributed by atoms with Gasteiger partial charge in [0.25, 0.3) is 5.91 Å². The molecule has 43 heavy (non-hydrogen) atoms. The summed E-state index contributed by atoms with van der Waals surface area (Å²) in [6.07, 6.45) is -0.929. The zero-order valence-electron chi connectivity index (χ0n) is 22.9. The minimum Gasteiger partial charge on any atom is -0.505 e. The number of fused-ring (bicyclic) bond motifs is 1. The summed E-state index contributed by atoms with van der Waals surface area (Å²) in [4.78, 5) is 38.4. The minimum atomic E-state index is -1.47. The Morgan fingerprint density at radius 2 is 1.70 bits per heavy atom. The molecule has 4 aromatic rings. The van der Waals surface area contributed by atoms with Crippen molar-refractivity contribution < 1.29 is 38.5 Å². The van der Waals surface area contributed by atoms with Crippen LogP contribution in [0.5, 0.6) is 11.5 Å². The van der Waals surface area contributed by atoms with Crippen molar-refractivity contribution in [1.82, 2.24) is 0 Å². The number of methoxy groups -OCH3 is 1.